The maximum Gasteiger partial charge on any atom is 0.358 e. The lowest BCUT2D eigenvalue weighted by Crippen LogP contribution is -2.33. The number of hydrogen-bond donors (Lipinski definition) is 0. The zero-order valence-corrected chi connectivity index (χ0v) is 20.5. The van der Waals surface area contributed by atoms with Gasteiger partial charge in [0.25, 0.3) is 0 Å². The van der Waals surface area contributed by atoms with Crippen LogP contribution in [-0.2, 0) is 22.5 Å². The zero-order chi connectivity index (χ0) is 24.8. The third kappa shape index (κ3) is 5.63. The normalized spacial score (nSPS) is 10.9. The average Bonchev–Trinajstić information content (AvgIpc) is 3.26. The Morgan fingerprint density at radius 1 is 1.09 bits per heavy atom. The number of thiazole rings is 1. The third-order valence-electron chi connectivity index (χ3n) is 5.55. The van der Waals surface area contributed by atoms with E-state index in [-0.39, 0.29) is 30.1 Å². The fraction of sp³-hybridized carbons (Fsp3) is 0.269. The Labute approximate surface area is 206 Å². The van der Waals surface area contributed by atoms with Crippen molar-refractivity contribution in [3.05, 3.63) is 87.2 Å². The lowest BCUT2D eigenvalue weighted by molar-refractivity contribution is -0.118. The first-order chi connectivity index (χ1) is 17.0. The van der Waals surface area contributed by atoms with E-state index in [1.54, 1.807) is 35.6 Å². The van der Waals surface area contributed by atoms with Crippen molar-refractivity contribution in [3.8, 4) is 0 Å². The van der Waals surface area contributed by atoms with Crippen LogP contribution in [0.2, 0.25) is 0 Å². The van der Waals surface area contributed by atoms with E-state index in [0.29, 0.717) is 40.4 Å². The first-order valence-corrected chi connectivity index (χ1v) is 12.2. The molecule has 0 aliphatic rings. The Balaban J connectivity index is 1.58. The second kappa shape index (κ2) is 11.1. The Bertz CT molecular complexity index is 1400. The number of hydrogen-bond acceptors (Lipinski definition) is 7. The number of carbonyl (C=O) groups is 2. The fourth-order valence-corrected chi connectivity index (χ4v) is 4.71. The minimum Gasteiger partial charge on any atom is -0.461 e. The van der Waals surface area contributed by atoms with E-state index in [2.05, 4.69) is 10.1 Å². The highest BCUT2D eigenvalue weighted by atomic mass is 32.1. The molecule has 0 aliphatic carbocycles. The molecule has 35 heavy (non-hydrogen) atoms. The van der Waals surface area contributed by atoms with Crippen LogP contribution in [0.3, 0.4) is 0 Å². The lowest BCUT2D eigenvalue weighted by Gasteiger charge is -2.20. The summed E-state index contributed by atoms with van der Waals surface area (Å²) in [5.41, 5.74) is 1.85. The molecule has 0 unspecified atom stereocenters. The molecule has 0 saturated heterocycles. The van der Waals surface area contributed by atoms with Crippen molar-refractivity contribution in [2.75, 3.05) is 18.1 Å². The van der Waals surface area contributed by atoms with E-state index < -0.39 is 5.97 Å². The molecule has 0 spiro atoms. The van der Waals surface area contributed by atoms with Crippen LogP contribution in [0.25, 0.3) is 10.9 Å². The number of carbonyl (C=O) groups excluding carboxylic acids is 2. The minimum absolute atomic E-state index is 0.144. The van der Waals surface area contributed by atoms with E-state index in [1.807, 2.05) is 42.5 Å². The number of aromatic nitrogens is 3. The molecule has 0 atom stereocenters. The molecule has 0 saturated carbocycles. The molecule has 2 aromatic heterocycles. The second-order valence-electron chi connectivity index (χ2n) is 7.90. The standard InChI is InChI=1S/C26H26N4O4S/c1-3-34-25(33)24-18(2)35-26(28-24)29(15-13-19-9-5-4-6-10-19)23(32)14-16-30-21-12-8-7-11-20(21)22(31)17-27-30/h4-12,17H,3,13-16H2,1-2H3. The SMILES string of the molecule is CCOC(=O)c1nc(N(CCc2ccccc2)C(=O)CCn2ncc(=O)c3ccccc32)sc1C. The van der Waals surface area contributed by atoms with Gasteiger partial charge in [-0.3, -0.25) is 19.2 Å². The van der Waals surface area contributed by atoms with Crippen molar-refractivity contribution >= 4 is 39.2 Å². The molecule has 2 aromatic carbocycles. The van der Waals surface area contributed by atoms with E-state index >= 15 is 0 Å². The maximum absolute atomic E-state index is 13.4. The van der Waals surface area contributed by atoms with Gasteiger partial charge < -0.3 is 4.74 Å². The summed E-state index contributed by atoms with van der Waals surface area (Å²) >= 11 is 1.30. The van der Waals surface area contributed by atoms with Gasteiger partial charge in [0.1, 0.15) is 0 Å². The first-order valence-electron chi connectivity index (χ1n) is 11.4. The van der Waals surface area contributed by atoms with Gasteiger partial charge in [-0.15, -0.1) is 11.3 Å². The molecule has 0 fully saturated rings. The summed E-state index contributed by atoms with van der Waals surface area (Å²) < 4.78 is 6.78. The molecule has 8 nitrogen and oxygen atoms in total. The van der Waals surface area contributed by atoms with E-state index in [4.69, 9.17) is 4.74 Å². The smallest absolute Gasteiger partial charge is 0.358 e. The Morgan fingerprint density at radius 2 is 1.83 bits per heavy atom. The van der Waals surface area contributed by atoms with E-state index in [0.717, 1.165) is 5.56 Å². The number of rotatable bonds is 9. The zero-order valence-electron chi connectivity index (χ0n) is 19.6. The van der Waals surface area contributed by atoms with Crippen molar-refractivity contribution in [3.63, 3.8) is 0 Å². The van der Waals surface area contributed by atoms with Crippen LogP contribution in [-0.4, -0.2) is 39.8 Å². The first kappa shape index (κ1) is 24.3. The summed E-state index contributed by atoms with van der Waals surface area (Å²) in [4.78, 5) is 44.6. The van der Waals surface area contributed by atoms with Crippen LogP contribution in [0, 0.1) is 6.92 Å². The predicted octanol–water partition coefficient (Wildman–Crippen LogP) is 4.00. The number of benzene rings is 2. The van der Waals surface area contributed by atoms with Crippen LogP contribution in [0.4, 0.5) is 5.13 Å². The van der Waals surface area contributed by atoms with Crippen LogP contribution < -0.4 is 10.3 Å². The molecular formula is C26H26N4O4S. The van der Waals surface area contributed by atoms with Crippen LogP contribution in [0.1, 0.15) is 34.3 Å². The summed E-state index contributed by atoms with van der Waals surface area (Å²) in [7, 11) is 0. The number of nitrogens with zero attached hydrogens (tertiary/aromatic N) is 4. The van der Waals surface area contributed by atoms with Gasteiger partial charge in [-0.2, -0.15) is 5.10 Å². The Hall–Kier alpha value is -3.85. The summed E-state index contributed by atoms with van der Waals surface area (Å²) in [6.07, 6.45) is 2.07. The highest BCUT2D eigenvalue weighted by molar-refractivity contribution is 7.16. The molecular weight excluding hydrogens is 464 g/mol. The predicted molar refractivity (Wildman–Crippen MR) is 136 cm³/mol. The molecule has 2 heterocycles. The molecule has 0 bridgehead atoms. The average molecular weight is 491 g/mol. The highest BCUT2D eigenvalue weighted by Crippen LogP contribution is 2.27. The van der Waals surface area contributed by atoms with Crippen LogP contribution in [0.15, 0.2) is 65.6 Å². The number of para-hydroxylation sites is 1. The van der Waals surface area contributed by atoms with Crippen molar-refractivity contribution < 1.29 is 14.3 Å². The van der Waals surface area contributed by atoms with Crippen LogP contribution in [0.5, 0.6) is 0 Å². The van der Waals surface area contributed by atoms with Gasteiger partial charge in [0.2, 0.25) is 11.3 Å². The summed E-state index contributed by atoms with van der Waals surface area (Å²) in [5.74, 6) is -0.637. The number of anilines is 1. The molecule has 1 amide bonds. The van der Waals surface area contributed by atoms with Crippen molar-refractivity contribution in [2.45, 2.75) is 33.2 Å². The largest absolute Gasteiger partial charge is 0.461 e. The molecule has 0 N–H and O–H groups in total. The molecule has 180 valence electrons. The van der Waals surface area contributed by atoms with Gasteiger partial charge in [0.15, 0.2) is 10.8 Å². The van der Waals surface area contributed by atoms with Gasteiger partial charge >= 0.3 is 5.97 Å². The maximum atomic E-state index is 13.4. The van der Waals surface area contributed by atoms with E-state index in [9.17, 15) is 14.4 Å². The number of aryl methyl sites for hydroxylation is 2. The molecule has 9 heteroatoms. The number of esters is 1. The number of ether oxygens (including phenoxy) is 1. The van der Waals surface area contributed by atoms with Crippen molar-refractivity contribution in [1.29, 1.82) is 0 Å². The van der Waals surface area contributed by atoms with Gasteiger partial charge in [0, 0.05) is 23.2 Å². The number of amides is 1. The van der Waals surface area contributed by atoms with Crippen molar-refractivity contribution in [1.82, 2.24) is 14.8 Å². The van der Waals surface area contributed by atoms with Gasteiger partial charge in [0.05, 0.1) is 24.9 Å². The lowest BCUT2D eigenvalue weighted by atomic mass is 10.1. The monoisotopic (exact) mass is 490 g/mol. The molecule has 0 radical (unpaired) electrons. The highest BCUT2D eigenvalue weighted by Gasteiger charge is 2.24. The van der Waals surface area contributed by atoms with E-state index in [1.165, 1.54) is 17.5 Å². The second-order valence-corrected chi connectivity index (χ2v) is 9.08. The summed E-state index contributed by atoms with van der Waals surface area (Å²) in [5, 5.41) is 5.25. The molecule has 4 aromatic rings. The quantitative estimate of drug-likeness (QED) is 0.329. The minimum atomic E-state index is -0.494. The Morgan fingerprint density at radius 3 is 2.60 bits per heavy atom. The summed E-state index contributed by atoms with van der Waals surface area (Å²) in [6.45, 7) is 4.50. The van der Waals surface area contributed by atoms with Gasteiger partial charge in [-0.25, -0.2) is 9.78 Å². The van der Waals surface area contributed by atoms with Crippen molar-refractivity contribution in [2.24, 2.45) is 0 Å². The molecule has 4 rings (SSSR count). The van der Waals surface area contributed by atoms with Gasteiger partial charge in [-0.05, 0) is 38.0 Å². The van der Waals surface area contributed by atoms with Crippen LogP contribution >= 0.6 is 11.3 Å². The summed E-state index contributed by atoms with van der Waals surface area (Å²) in [6, 6.07) is 17.1. The fourth-order valence-electron chi connectivity index (χ4n) is 3.77. The third-order valence-corrected chi connectivity index (χ3v) is 6.55. The number of fused-ring (bicyclic) bond motifs is 1. The van der Waals surface area contributed by atoms with Gasteiger partial charge in [-0.1, -0.05) is 42.5 Å². The Kier molecular flexibility index (Phi) is 7.67. The topological polar surface area (TPSA) is 94.4 Å². The molecule has 0 aliphatic heterocycles.